The van der Waals surface area contributed by atoms with Gasteiger partial charge < -0.3 is 9.64 Å². The van der Waals surface area contributed by atoms with Crippen molar-refractivity contribution in [3.05, 3.63) is 46.5 Å². The van der Waals surface area contributed by atoms with Gasteiger partial charge in [0.2, 0.25) is 0 Å². The van der Waals surface area contributed by atoms with Crippen LogP contribution in [0, 0.1) is 12.8 Å². The molecule has 1 aliphatic heterocycles. The summed E-state index contributed by atoms with van der Waals surface area (Å²) in [5.41, 5.74) is 1.84. The first-order valence-electron chi connectivity index (χ1n) is 8.55. The number of aldehydes is 1. The first kappa shape index (κ1) is 17.1. The topological polar surface area (TPSA) is 42.4 Å². The minimum Gasteiger partial charge on any atom is -0.381 e. The summed E-state index contributed by atoms with van der Waals surface area (Å²) in [5.74, 6) is 0.726. The second kappa shape index (κ2) is 8.40. The fourth-order valence-electron chi connectivity index (χ4n) is 3.06. The van der Waals surface area contributed by atoms with Crippen molar-refractivity contribution in [2.75, 3.05) is 24.7 Å². The van der Waals surface area contributed by atoms with E-state index in [0.717, 1.165) is 67.8 Å². The molecule has 1 aliphatic rings. The Morgan fingerprint density at radius 1 is 1.29 bits per heavy atom. The second-order valence-electron chi connectivity index (χ2n) is 6.31. The predicted octanol–water partition coefficient (Wildman–Crippen LogP) is 4.09. The summed E-state index contributed by atoms with van der Waals surface area (Å²) in [4.78, 5) is 19.0. The molecule has 0 bridgehead atoms. The summed E-state index contributed by atoms with van der Waals surface area (Å²) in [6.07, 6.45) is 4.30. The number of aryl methyl sites for hydroxylation is 1. The van der Waals surface area contributed by atoms with E-state index < -0.39 is 0 Å². The third kappa shape index (κ3) is 4.42. The molecule has 24 heavy (non-hydrogen) atoms. The number of hydrogen-bond acceptors (Lipinski definition) is 5. The average molecular weight is 344 g/mol. The molecule has 3 rings (SSSR count). The number of hydrogen-bond donors (Lipinski definition) is 0. The minimum absolute atomic E-state index is 0.569. The number of aromatic nitrogens is 1. The number of carbonyl (C=O) groups excluding carboxylic acids is 1. The van der Waals surface area contributed by atoms with Crippen LogP contribution in [0.2, 0.25) is 0 Å². The molecule has 1 aromatic carbocycles. The predicted molar refractivity (Wildman–Crippen MR) is 97.9 cm³/mol. The van der Waals surface area contributed by atoms with Crippen molar-refractivity contribution in [1.29, 1.82) is 0 Å². The van der Waals surface area contributed by atoms with Crippen LogP contribution in [0.1, 0.15) is 40.2 Å². The summed E-state index contributed by atoms with van der Waals surface area (Å²) in [5, 5.41) is 0.950. The molecule has 1 saturated heterocycles. The largest absolute Gasteiger partial charge is 0.381 e. The Kier molecular flexibility index (Phi) is 5.99. The van der Waals surface area contributed by atoms with Crippen LogP contribution >= 0.6 is 11.3 Å². The van der Waals surface area contributed by atoms with E-state index in [2.05, 4.69) is 34.1 Å². The van der Waals surface area contributed by atoms with Crippen molar-refractivity contribution in [2.24, 2.45) is 5.92 Å². The van der Waals surface area contributed by atoms with Gasteiger partial charge in [-0.2, -0.15) is 0 Å². The van der Waals surface area contributed by atoms with Crippen molar-refractivity contribution in [1.82, 2.24) is 4.98 Å². The van der Waals surface area contributed by atoms with Crippen LogP contribution in [-0.4, -0.2) is 31.0 Å². The molecule has 2 heterocycles. The van der Waals surface area contributed by atoms with Gasteiger partial charge in [0.1, 0.15) is 5.69 Å². The number of thiazole rings is 1. The molecule has 0 spiro atoms. The molecule has 1 aromatic heterocycles. The van der Waals surface area contributed by atoms with E-state index in [-0.39, 0.29) is 0 Å². The average Bonchev–Trinajstić information content (AvgIpc) is 3.01. The number of benzene rings is 1. The van der Waals surface area contributed by atoms with Gasteiger partial charge >= 0.3 is 0 Å². The summed E-state index contributed by atoms with van der Waals surface area (Å²) in [6.45, 7) is 5.52. The van der Waals surface area contributed by atoms with Gasteiger partial charge in [0.05, 0.1) is 0 Å². The van der Waals surface area contributed by atoms with Crippen LogP contribution in [0.5, 0.6) is 0 Å². The highest BCUT2D eigenvalue weighted by atomic mass is 32.1. The van der Waals surface area contributed by atoms with E-state index in [0.29, 0.717) is 5.69 Å². The molecular formula is C19H24N2O2S. The second-order valence-corrected chi connectivity index (χ2v) is 7.49. The van der Waals surface area contributed by atoms with Crippen LogP contribution in [0.15, 0.2) is 30.3 Å². The molecule has 2 aromatic rings. The molecule has 0 radical (unpaired) electrons. The standard InChI is InChI=1S/C19H24N2O2S/c1-15-18(14-22)20-19(24-15)21(13-17-5-3-2-4-6-17)10-7-16-8-11-23-12-9-16/h2-6,14,16H,7-13H2,1H3. The summed E-state index contributed by atoms with van der Waals surface area (Å²) in [6, 6.07) is 10.4. The van der Waals surface area contributed by atoms with Crippen LogP contribution in [-0.2, 0) is 11.3 Å². The number of carbonyl (C=O) groups is 1. The van der Waals surface area contributed by atoms with Crippen LogP contribution in [0.3, 0.4) is 0 Å². The molecule has 1 fully saturated rings. The monoisotopic (exact) mass is 344 g/mol. The SMILES string of the molecule is Cc1sc(N(CCC2CCOCC2)Cc2ccccc2)nc1C=O. The van der Waals surface area contributed by atoms with Gasteiger partial charge in [-0.15, -0.1) is 11.3 Å². The lowest BCUT2D eigenvalue weighted by atomic mass is 9.96. The first-order valence-corrected chi connectivity index (χ1v) is 9.37. The molecule has 0 unspecified atom stereocenters. The Morgan fingerprint density at radius 3 is 2.71 bits per heavy atom. The van der Waals surface area contributed by atoms with Crippen molar-refractivity contribution < 1.29 is 9.53 Å². The summed E-state index contributed by atoms with van der Waals surface area (Å²) >= 11 is 1.61. The van der Waals surface area contributed by atoms with Gasteiger partial charge in [0.25, 0.3) is 0 Å². The maximum Gasteiger partial charge on any atom is 0.186 e. The maximum absolute atomic E-state index is 11.1. The van der Waals surface area contributed by atoms with Gasteiger partial charge in [0.15, 0.2) is 11.4 Å². The van der Waals surface area contributed by atoms with Gasteiger partial charge in [-0.05, 0) is 37.7 Å². The van der Waals surface area contributed by atoms with E-state index in [9.17, 15) is 4.79 Å². The highest BCUT2D eigenvalue weighted by Crippen LogP contribution is 2.28. The van der Waals surface area contributed by atoms with E-state index in [1.165, 1.54) is 5.56 Å². The number of anilines is 1. The van der Waals surface area contributed by atoms with Gasteiger partial charge in [0, 0.05) is 31.2 Å². The molecule has 4 nitrogen and oxygen atoms in total. The smallest absolute Gasteiger partial charge is 0.186 e. The van der Waals surface area contributed by atoms with Crippen molar-refractivity contribution in [3.63, 3.8) is 0 Å². The van der Waals surface area contributed by atoms with E-state index in [1.807, 2.05) is 13.0 Å². The zero-order valence-electron chi connectivity index (χ0n) is 14.1. The fourth-order valence-corrected chi connectivity index (χ4v) is 3.96. The maximum atomic E-state index is 11.1. The normalized spacial score (nSPS) is 15.4. The highest BCUT2D eigenvalue weighted by Gasteiger charge is 2.18. The Hall–Kier alpha value is -1.72. The number of rotatable bonds is 7. The summed E-state index contributed by atoms with van der Waals surface area (Å²) < 4.78 is 5.46. The third-order valence-corrected chi connectivity index (χ3v) is 5.62. The molecule has 5 heteroatoms. The third-order valence-electron chi connectivity index (χ3n) is 4.57. The molecule has 0 saturated carbocycles. The van der Waals surface area contributed by atoms with Crippen LogP contribution < -0.4 is 4.90 Å². The lowest BCUT2D eigenvalue weighted by molar-refractivity contribution is 0.0644. The Bertz CT molecular complexity index is 651. The van der Waals surface area contributed by atoms with Crippen LogP contribution in [0.4, 0.5) is 5.13 Å². The lowest BCUT2D eigenvalue weighted by Gasteiger charge is -2.27. The lowest BCUT2D eigenvalue weighted by Crippen LogP contribution is -2.27. The van der Waals surface area contributed by atoms with Crippen molar-refractivity contribution in [2.45, 2.75) is 32.7 Å². The summed E-state index contributed by atoms with van der Waals surface area (Å²) in [7, 11) is 0. The molecule has 0 N–H and O–H groups in total. The van der Waals surface area contributed by atoms with E-state index in [1.54, 1.807) is 11.3 Å². The first-order chi connectivity index (χ1) is 11.8. The fraction of sp³-hybridized carbons (Fsp3) is 0.474. The Balaban J connectivity index is 1.73. The zero-order chi connectivity index (χ0) is 16.8. The van der Waals surface area contributed by atoms with Crippen molar-refractivity contribution in [3.8, 4) is 0 Å². The molecule has 128 valence electrons. The van der Waals surface area contributed by atoms with Gasteiger partial charge in [-0.1, -0.05) is 30.3 Å². The highest BCUT2D eigenvalue weighted by molar-refractivity contribution is 7.15. The van der Waals surface area contributed by atoms with Gasteiger partial charge in [-0.25, -0.2) is 4.98 Å². The molecule has 0 amide bonds. The van der Waals surface area contributed by atoms with E-state index >= 15 is 0 Å². The van der Waals surface area contributed by atoms with Gasteiger partial charge in [-0.3, -0.25) is 4.79 Å². The Morgan fingerprint density at radius 2 is 2.04 bits per heavy atom. The number of ether oxygens (including phenoxy) is 1. The molecule has 0 atom stereocenters. The number of nitrogens with zero attached hydrogens (tertiary/aromatic N) is 2. The van der Waals surface area contributed by atoms with E-state index in [4.69, 9.17) is 4.74 Å². The minimum atomic E-state index is 0.569. The van der Waals surface area contributed by atoms with Crippen molar-refractivity contribution >= 4 is 22.8 Å². The molecule has 0 aliphatic carbocycles. The zero-order valence-corrected chi connectivity index (χ0v) is 14.9. The molecular weight excluding hydrogens is 320 g/mol. The van der Waals surface area contributed by atoms with Crippen LogP contribution in [0.25, 0.3) is 0 Å². The Labute approximate surface area is 147 Å². The quantitative estimate of drug-likeness (QED) is 0.710.